The van der Waals surface area contributed by atoms with E-state index in [2.05, 4.69) is 16.9 Å². The Morgan fingerprint density at radius 3 is 2.86 bits per heavy atom. The molecule has 0 bridgehead atoms. The Balaban J connectivity index is 1.55. The number of aromatic nitrogens is 3. The highest BCUT2D eigenvalue weighted by molar-refractivity contribution is 6.05. The third-order valence-corrected chi connectivity index (χ3v) is 6.45. The molecule has 0 aliphatic carbocycles. The number of nitrogen functional groups attached to an aromatic ring is 1. The van der Waals surface area contributed by atoms with Crippen LogP contribution in [-0.2, 0) is 4.79 Å². The number of halogens is 1. The number of amides is 2. The number of carbonyl (C=O) groups is 2. The molecule has 36 heavy (non-hydrogen) atoms. The van der Waals surface area contributed by atoms with Gasteiger partial charge in [0.1, 0.15) is 28.7 Å². The van der Waals surface area contributed by atoms with E-state index in [1.165, 1.54) is 12.1 Å². The van der Waals surface area contributed by atoms with Crippen molar-refractivity contribution in [3.05, 3.63) is 90.3 Å². The highest BCUT2D eigenvalue weighted by Gasteiger charge is 2.33. The van der Waals surface area contributed by atoms with Crippen molar-refractivity contribution >= 4 is 28.8 Å². The second-order valence-corrected chi connectivity index (χ2v) is 8.74. The highest BCUT2D eigenvalue weighted by atomic mass is 19.1. The van der Waals surface area contributed by atoms with Crippen molar-refractivity contribution < 1.29 is 14.0 Å². The van der Waals surface area contributed by atoms with Gasteiger partial charge in [0, 0.05) is 35.8 Å². The molecular formula is C27H25FN6O2. The molecule has 0 saturated carbocycles. The number of benzene rings is 2. The molecule has 1 fully saturated rings. The van der Waals surface area contributed by atoms with Crippen LogP contribution in [-0.4, -0.2) is 37.6 Å². The Labute approximate surface area is 207 Å². The molecule has 1 saturated heterocycles. The van der Waals surface area contributed by atoms with Crippen LogP contribution in [0.15, 0.2) is 67.5 Å². The van der Waals surface area contributed by atoms with Crippen molar-refractivity contribution in [2.24, 2.45) is 0 Å². The number of aryl methyl sites for hydroxylation is 1. The molecule has 0 radical (unpaired) electrons. The fourth-order valence-electron chi connectivity index (χ4n) is 4.62. The molecule has 4 aromatic rings. The Kier molecular flexibility index (Phi) is 5.97. The standard InChI is InChI=1S/C27H25FN6O2/c1-3-22(35)33-12-5-8-21(33)26-32-23(24-25(29)30-11-13-34(24)26)17-6-4-7-18(14-17)27(36)31-19-10-9-16(2)20(28)15-19/h3-4,6-7,9-11,13-15,21H,1,5,8,12H2,2H3,(H2,29,30)(H,31,36)/t21-/m0/s1. The van der Waals surface area contributed by atoms with Gasteiger partial charge in [-0.05, 0) is 55.7 Å². The van der Waals surface area contributed by atoms with Gasteiger partial charge in [0.05, 0.1) is 6.04 Å². The summed E-state index contributed by atoms with van der Waals surface area (Å²) in [6.45, 7) is 5.90. The summed E-state index contributed by atoms with van der Waals surface area (Å²) in [4.78, 5) is 36.3. The van der Waals surface area contributed by atoms with E-state index in [0.717, 1.165) is 12.8 Å². The molecular weight excluding hydrogens is 459 g/mol. The quantitative estimate of drug-likeness (QED) is 0.405. The molecule has 2 aromatic carbocycles. The normalized spacial score (nSPS) is 15.3. The summed E-state index contributed by atoms with van der Waals surface area (Å²) in [7, 11) is 0. The van der Waals surface area contributed by atoms with E-state index >= 15 is 0 Å². The molecule has 2 aromatic heterocycles. The summed E-state index contributed by atoms with van der Waals surface area (Å²) in [5, 5.41) is 2.73. The molecule has 3 N–H and O–H groups in total. The molecule has 1 atom stereocenters. The van der Waals surface area contributed by atoms with Crippen molar-refractivity contribution in [2.75, 3.05) is 17.6 Å². The first-order valence-corrected chi connectivity index (χ1v) is 11.6. The van der Waals surface area contributed by atoms with Gasteiger partial charge in [0.15, 0.2) is 0 Å². The maximum Gasteiger partial charge on any atom is 0.255 e. The smallest absolute Gasteiger partial charge is 0.255 e. The van der Waals surface area contributed by atoms with Gasteiger partial charge in [-0.15, -0.1) is 0 Å². The minimum Gasteiger partial charge on any atom is -0.382 e. The molecule has 0 spiro atoms. The first-order valence-electron chi connectivity index (χ1n) is 11.6. The SMILES string of the molecule is C=CC(=O)N1CCC[C@H]1c1nc(-c2cccc(C(=O)Nc3ccc(C)c(F)c3)c2)c2c(N)nccn12. The van der Waals surface area contributed by atoms with Gasteiger partial charge in [-0.2, -0.15) is 0 Å². The van der Waals surface area contributed by atoms with Crippen LogP contribution in [0.1, 0.15) is 40.6 Å². The van der Waals surface area contributed by atoms with E-state index in [9.17, 15) is 14.0 Å². The average molecular weight is 485 g/mol. The zero-order valence-corrected chi connectivity index (χ0v) is 19.7. The van der Waals surface area contributed by atoms with Crippen molar-refractivity contribution in [3.8, 4) is 11.3 Å². The molecule has 182 valence electrons. The van der Waals surface area contributed by atoms with Crippen molar-refractivity contribution in [1.82, 2.24) is 19.3 Å². The minimum atomic E-state index is -0.391. The number of nitrogens with zero attached hydrogens (tertiary/aromatic N) is 4. The topological polar surface area (TPSA) is 106 Å². The second-order valence-electron chi connectivity index (χ2n) is 8.74. The van der Waals surface area contributed by atoms with E-state index < -0.39 is 5.82 Å². The number of imidazole rings is 1. The summed E-state index contributed by atoms with van der Waals surface area (Å²) in [5.41, 5.74) is 9.34. The van der Waals surface area contributed by atoms with Crippen LogP contribution in [0.3, 0.4) is 0 Å². The van der Waals surface area contributed by atoms with Crippen molar-refractivity contribution in [2.45, 2.75) is 25.8 Å². The Hall–Kier alpha value is -4.53. The van der Waals surface area contributed by atoms with Gasteiger partial charge in [-0.1, -0.05) is 24.8 Å². The van der Waals surface area contributed by atoms with Gasteiger partial charge in [-0.25, -0.2) is 14.4 Å². The zero-order valence-electron chi connectivity index (χ0n) is 19.7. The number of anilines is 2. The Bertz CT molecular complexity index is 1510. The van der Waals surface area contributed by atoms with Gasteiger partial charge in [0.2, 0.25) is 5.91 Å². The van der Waals surface area contributed by atoms with E-state index in [4.69, 9.17) is 10.7 Å². The first kappa shape index (κ1) is 23.2. The van der Waals surface area contributed by atoms with E-state index in [1.807, 2.05) is 10.5 Å². The van der Waals surface area contributed by atoms with Gasteiger partial charge in [-0.3, -0.25) is 14.0 Å². The van der Waals surface area contributed by atoms with Gasteiger partial charge in [0.25, 0.3) is 5.91 Å². The monoisotopic (exact) mass is 484 g/mol. The summed E-state index contributed by atoms with van der Waals surface area (Å²) in [6, 6.07) is 11.3. The molecule has 2 amide bonds. The van der Waals surface area contributed by atoms with Gasteiger partial charge >= 0.3 is 0 Å². The second kappa shape index (κ2) is 9.26. The van der Waals surface area contributed by atoms with E-state index in [0.29, 0.717) is 46.0 Å². The van der Waals surface area contributed by atoms with Crippen LogP contribution in [0, 0.1) is 12.7 Å². The van der Waals surface area contributed by atoms with Crippen LogP contribution in [0.4, 0.5) is 15.9 Å². The lowest BCUT2D eigenvalue weighted by Crippen LogP contribution is -2.29. The molecule has 8 nitrogen and oxygen atoms in total. The van der Waals surface area contributed by atoms with E-state index in [1.54, 1.807) is 54.5 Å². The maximum absolute atomic E-state index is 13.9. The predicted octanol–water partition coefficient (Wildman–Crippen LogP) is 4.53. The highest BCUT2D eigenvalue weighted by Crippen LogP contribution is 2.36. The lowest BCUT2D eigenvalue weighted by Gasteiger charge is -2.22. The Morgan fingerprint density at radius 1 is 1.25 bits per heavy atom. The number of rotatable bonds is 5. The lowest BCUT2D eigenvalue weighted by molar-refractivity contribution is -0.127. The maximum atomic E-state index is 13.9. The molecule has 3 heterocycles. The molecule has 9 heteroatoms. The number of hydrogen-bond donors (Lipinski definition) is 2. The van der Waals surface area contributed by atoms with Crippen LogP contribution in [0.25, 0.3) is 16.8 Å². The summed E-state index contributed by atoms with van der Waals surface area (Å²) in [5.74, 6) is 0.0394. The number of likely N-dealkylation sites (tertiary alicyclic amines) is 1. The molecule has 1 aliphatic heterocycles. The number of nitrogens with one attached hydrogen (secondary N) is 1. The average Bonchev–Trinajstić information content (AvgIpc) is 3.51. The Morgan fingerprint density at radius 2 is 2.08 bits per heavy atom. The molecule has 5 rings (SSSR count). The first-order chi connectivity index (χ1) is 17.4. The van der Waals surface area contributed by atoms with Crippen LogP contribution < -0.4 is 11.1 Å². The third kappa shape index (κ3) is 4.08. The fourth-order valence-corrected chi connectivity index (χ4v) is 4.62. The van der Waals surface area contributed by atoms with Gasteiger partial charge < -0.3 is 16.0 Å². The third-order valence-electron chi connectivity index (χ3n) is 6.45. The zero-order chi connectivity index (χ0) is 25.4. The van der Waals surface area contributed by atoms with Crippen LogP contribution in [0.5, 0.6) is 0 Å². The summed E-state index contributed by atoms with van der Waals surface area (Å²) >= 11 is 0. The van der Waals surface area contributed by atoms with Crippen LogP contribution >= 0.6 is 0 Å². The minimum absolute atomic E-state index is 0.149. The summed E-state index contributed by atoms with van der Waals surface area (Å²) < 4.78 is 15.8. The van der Waals surface area contributed by atoms with E-state index in [-0.39, 0.29) is 23.7 Å². The number of nitrogens with two attached hydrogens (primary N) is 1. The predicted molar refractivity (Wildman–Crippen MR) is 136 cm³/mol. The molecule has 0 unspecified atom stereocenters. The number of fused-ring (bicyclic) bond motifs is 1. The molecule has 1 aliphatic rings. The van der Waals surface area contributed by atoms with Crippen molar-refractivity contribution in [1.29, 1.82) is 0 Å². The van der Waals surface area contributed by atoms with Crippen LogP contribution in [0.2, 0.25) is 0 Å². The lowest BCUT2D eigenvalue weighted by atomic mass is 10.1. The summed E-state index contributed by atoms with van der Waals surface area (Å²) in [6.07, 6.45) is 6.29. The van der Waals surface area contributed by atoms with Crippen molar-refractivity contribution in [3.63, 3.8) is 0 Å². The largest absolute Gasteiger partial charge is 0.382 e. The fraction of sp³-hybridized carbons (Fsp3) is 0.185. The number of hydrogen-bond acceptors (Lipinski definition) is 5. The number of carbonyl (C=O) groups excluding carboxylic acids is 2.